The minimum absolute atomic E-state index is 0.0378. The number of rotatable bonds is 5. The van der Waals surface area contributed by atoms with Crippen molar-refractivity contribution in [2.24, 2.45) is 0 Å². The second-order valence-corrected chi connectivity index (χ2v) is 6.81. The molecule has 2 rings (SSSR count). The number of amides is 1. The lowest BCUT2D eigenvalue weighted by Gasteiger charge is -2.19. The molecule has 0 heterocycles. The molecule has 2 N–H and O–H groups in total. The lowest BCUT2D eigenvalue weighted by Crippen LogP contribution is -2.24. The summed E-state index contributed by atoms with van der Waals surface area (Å²) in [6, 6.07) is 19.5. The van der Waals surface area contributed by atoms with Crippen molar-refractivity contribution < 1.29 is 4.79 Å². The van der Waals surface area contributed by atoms with Crippen molar-refractivity contribution in [3.8, 4) is 6.07 Å². The standard InChI is InChI=1S/C21H23N3O/c1-21(2,3)18-9-11-19(12-10-18)23-15-17(13-22)20(25)24-14-16-7-5-4-6-8-16/h4-12,15,23H,14H2,1-3H3,(H,24,25)/b17-15-. The molecule has 1 amide bonds. The second kappa shape index (κ2) is 8.16. The molecular formula is C21H23N3O. The predicted molar refractivity (Wildman–Crippen MR) is 101 cm³/mol. The Bertz CT molecular complexity index is 779. The van der Waals surface area contributed by atoms with E-state index in [1.54, 1.807) is 0 Å². The van der Waals surface area contributed by atoms with E-state index in [2.05, 4.69) is 31.4 Å². The zero-order chi connectivity index (χ0) is 18.3. The van der Waals surface area contributed by atoms with Gasteiger partial charge in [0.05, 0.1) is 0 Å². The number of nitrogens with zero attached hydrogens (tertiary/aromatic N) is 1. The van der Waals surface area contributed by atoms with Crippen molar-refractivity contribution in [2.45, 2.75) is 32.7 Å². The Hall–Kier alpha value is -3.06. The smallest absolute Gasteiger partial charge is 0.263 e. The van der Waals surface area contributed by atoms with Crippen LogP contribution >= 0.6 is 0 Å². The minimum Gasteiger partial charge on any atom is -0.360 e. The molecule has 4 heteroatoms. The summed E-state index contributed by atoms with van der Waals surface area (Å²) in [5.74, 6) is -0.398. The molecule has 0 bridgehead atoms. The molecule has 2 aromatic rings. The van der Waals surface area contributed by atoms with E-state index in [1.807, 2.05) is 60.7 Å². The summed E-state index contributed by atoms with van der Waals surface area (Å²) in [5.41, 5.74) is 3.17. The zero-order valence-electron chi connectivity index (χ0n) is 14.8. The molecule has 4 nitrogen and oxygen atoms in total. The maximum absolute atomic E-state index is 12.1. The van der Waals surface area contributed by atoms with Gasteiger partial charge in [0.1, 0.15) is 11.6 Å². The van der Waals surface area contributed by atoms with Crippen LogP contribution in [0.1, 0.15) is 31.9 Å². The number of anilines is 1. The van der Waals surface area contributed by atoms with Gasteiger partial charge in [-0.05, 0) is 28.7 Å². The van der Waals surface area contributed by atoms with Gasteiger partial charge in [0, 0.05) is 18.4 Å². The maximum atomic E-state index is 12.1. The van der Waals surface area contributed by atoms with Crippen LogP contribution in [0.3, 0.4) is 0 Å². The van der Waals surface area contributed by atoms with E-state index >= 15 is 0 Å². The van der Waals surface area contributed by atoms with Gasteiger partial charge in [-0.25, -0.2) is 0 Å². The monoisotopic (exact) mass is 333 g/mol. The van der Waals surface area contributed by atoms with Crippen molar-refractivity contribution >= 4 is 11.6 Å². The molecule has 0 unspecified atom stereocenters. The molecular weight excluding hydrogens is 310 g/mol. The molecule has 2 aromatic carbocycles. The highest BCUT2D eigenvalue weighted by Gasteiger charge is 2.13. The summed E-state index contributed by atoms with van der Waals surface area (Å²) < 4.78 is 0. The highest BCUT2D eigenvalue weighted by molar-refractivity contribution is 5.97. The summed E-state index contributed by atoms with van der Waals surface area (Å²) in [6.45, 7) is 6.85. The van der Waals surface area contributed by atoms with Crippen molar-refractivity contribution in [3.63, 3.8) is 0 Å². The van der Waals surface area contributed by atoms with Gasteiger partial charge < -0.3 is 10.6 Å². The summed E-state index contributed by atoms with van der Waals surface area (Å²) in [7, 11) is 0. The van der Waals surface area contributed by atoms with Crippen molar-refractivity contribution in [1.29, 1.82) is 5.26 Å². The molecule has 0 aliphatic carbocycles. The Kier molecular flexibility index (Phi) is 5.97. The first-order chi connectivity index (χ1) is 11.9. The third-order valence-electron chi connectivity index (χ3n) is 3.80. The quantitative estimate of drug-likeness (QED) is 0.639. The van der Waals surface area contributed by atoms with E-state index in [1.165, 1.54) is 11.8 Å². The number of nitriles is 1. The van der Waals surface area contributed by atoms with E-state index in [-0.39, 0.29) is 11.0 Å². The fourth-order valence-corrected chi connectivity index (χ4v) is 2.24. The molecule has 128 valence electrons. The second-order valence-electron chi connectivity index (χ2n) is 6.81. The summed E-state index contributed by atoms with van der Waals surface area (Å²) in [6.07, 6.45) is 1.44. The molecule has 0 atom stereocenters. The molecule has 0 aromatic heterocycles. The minimum atomic E-state index is -0.398. The molecule has 0 radical (unpaired) electrons. The van der Waals surface area contributed by atoms with Crippen LogP contribution in [0.2, 0.25) is 0 Å². The van der Waals surface area contributed by atoms with E-state index < -0.39 is 5.91 Å². The third kappa shape index (κ3) is 5.50. The number of carbonyl (C=O) groups excluding carboxylic acids is 1. The molecule has 0 saturated heterocycles. The van der Waals surface area contributed by atoms with Crippen LogP contribution in [0.15, 0.2) is 66.4 Å². The summed E-state index contributed by atoms with van der Waals surface area (Å²) >= 11 is 0. The van der Waals surface area contributed by atoms with Crippen LogP contribution in [0.5, 0.6) is 0 Å². The van der Waals surface area contributed by atoms with Crippen LogP contribution in [0.25, 0.3) is 0 Å². The average molecular weight is 333 g/mol. The zero-order valence-corrected chi connectivity index (χ0v) is 14.8. The lowest BCUT2D eigenvalue weighted by molar-refractivity contribution is -0.117. The van der Waals surface area contributed by atoms with Gasteiger partial charge in [0.2, 0.25) is 0 Å². The van der Waals surface area contributed by atoms with Crippen molar-refractivity contribution in [1.82, 2.24) is 5.32 Å². The van der Waals surface area contributed by atoms with Crippen molar-refractivity contribution in [2.75, 3.05) is 5.32 Å². The van der Waals surface area contributed by atoms with E-state index in [9.17, 15) is 10.1 Å². The van der Waals surface area contributed by atoms with Gasteiger partial charge in [-0.3, -0.25) is 4.79 Å². The molecule has 0 aliphatic rings. The fourth-order valence-electron chi connectivity index (χ4n) is 2.24. The topological polar surface area (TPSA) is 64.9 Å². The summed E-state index contributed by atoms with van der Waals surface area (Å²) in [4.78, 5) is 12.1. The third-order valence-corrected chi connectivity index (χ3v) is 3.80. The van der Waals surface area contributed by atoms with Crippen LogP contribution in [-0.4, -0.2) is 5.91 Å². The first kappa shape index (κ1) is 18.3. The maximum Gasteiger partial charge on any atom is 0.263 e. The first-order valence-corrected chi connectivity index (χ1v) is 8.19. The highest BCUT2D eigenvalue weighted by atomic mass is 16.1. The Morgan fingerprint density at radius 2 is 1.72 bits per heavy atom. The number of nitrogens with one attached hydrogen (secondary N) is 2. The number of hydrogen-bond donors (Lipinski definition) is 2. The van der Waals surface area contributed by atoms with Crippen molar-refractivity contribution in [3.05, 3.63) is 77.5 Å². The molecule has 0 fully saturated rings. The average Bonchev–Trinajstić information content (AvgIpc) is 2.61. The van der Waals surface area contributed by atoms with Crippen LogP contribution < -0.4 is 10.6 Å². The Balaban J connectivity index is 1.97. The van der Waals surface area contributed by atoms with Gasteiger partial charge >= 0.3 is 0 Å². The van der Waals surface area contributed by atoms with E-state index in [4.69, 9.17) is 0 Å². The van der Waals surface area contributed by atoms with Gasteiger partial charge in [0.25, 0.3) is 5.91 Å². The van der Waals surface area contributed by atoms with Crippen LogP contribution in [-0.2, 0) is 16.8 Å². The summed E-state index contributed by atoms with van der Waals surface area (Å²) in [5, 5.41) is 15.0. The lowest BCUT2D eigenvalue weighted by atomic mass is 9.87. The number of benzene rings is 2. The van der Waals surface area contributed by atoms with E-state index in [0.717, 1.165) is 11.3 Å². The Morgan fingerprint density at radius 1 is 1.08 bits per heavy atom. The molecule has 25 heavy (non-hydrogen) atoms. The first-order valence-electron chi connectivity index (χ1n) is 8.19. The van der Waals surface area contributed by atoms with E-state index in [0.29, 0.717) is 6.54 Å². The molecule has 0 saturated carbocycles. The molecule has 0 aliphatic heterocycles. The Labute approximate surface area is 149 Å². The van der Waals surface area contributed by atoms with Gasteiger partial charge in [-0.15, -0.1) is 0 Å². The molecule has 0 spiro atoms. The largest absolute Gasteiger partial charge is 0.360 e. The van der Waals surface area contributed by atoms with Gasteiger partial charge in [-0.2, -0.15) is 5.26 Å². The SMILES string of the molecule is CC(C)(C)c1ccc(N/C=C(/C#N)C(=O)NCc2ccccc2)cc1. The predicted octanol–water partition coefficient (Wildman–Crippen LogP) is 4.12. The number of carbonyl (C=O) groups is 1. The van der Waals surface area contributed by atoms with Gasteiger partial charge in [-0.1, -0.05) is 63.2 Å². The fraction of sp³-hybridized carbons (Fsp3) is 0.238. The normalized spacial score (nSPS) is 11.5. The van der Waals surface area contributed by atoms with Crippen LogP contribution in [0.4, 0.5) is 5.69 Å². The van der Waals surface area contributed by atoms with Crippen LogP contribution in [0, 0.1) is 11.3 Å². The Morgan fingerprint density at radius 3 is 2.28 bits per heavy atom. The van der Waals surface area contributed by atoms with Gasteiger partial charge in [0.15, 0.2) is 0 Å². The highest BCUT2D eigenvalue weighted by Crippen LogP contribution is 2.23. The number of hydrogen-bond acceptors (Lipinski definition) is 3.